The van der Waals surface area contributed by atoms with Crippen molar-refractivity contribution in [1.29, 1.82) is 0 Å². The van der Waals surface area contributed by atoms with E-state index in [-0.39, 0.29) is 5.91 Å². The van der Waals surface area contributed by atoms with Crippen LogP contribution < -0.4 is 10.1 Å². The maximum Gasteiger partial charge on any atom is 0.255 e. The number of nitrogens with one attached hydrogen (secondary N) is 1. The lowest BCUT2D eigenvalue weighted by Crippen LogP contribution is -2.26. The first-order valence-corrected chi connectivity index (χ1v) is 6.91. The minimum absolute atomic E-state index is 0.00844. The molecule has 0 aliphatic rings. The Morgan fingerprint density at radius 3 is 2.43 bits per heavy atom. The van der Waals surface area contributed by atoms with Crippen LogP contribution in [0.5, 0.6) is 5.75 Å². The monoisotopic (exact) mass is 284 g/mol. The Morgan fingerprint density at radius 2 is 1.81 bits per heavy atom. The van der Waals surface area contributed by atoms with E-state index in [0.29, 0.717) is 12.1 Å². The number of amides is 1. The zero-order valence-electron chi connectivity index (χ0n) is 12.6. The molecule has 4 nitrogen and oxygen atoms in total. The van der Waals surface area contributed by atoms with Gasteiger partial charge in [0.25, 0.3) is 5.91 Å². The molecule has 0 fully saturated rings. The lowest BCUT2D eigenvalue weighted by molar-refractivity contribution is 0.0803. The predicted molar refractivity (Wildman–Crippen MR) is 85.4 cm³/mol. The van der Waals surface area contributed by atoms with Gasteiger partial charge in [0.2, 0.25) is 0 Å². The van der Waals surface area contributed by atoms with Gasteiger partial charge in [-0.2, -0.15) is 0 Å². The highest BCUT2D eigenvalue weighted by Gasteiger charge is 2.14. The molecular weight excluding hydrogens is 264 g/mol. The number of anilines is 2. The standard InChI is InChI=1S/C17H20N2O2/c1-4-19(2)17(20)15-7-5-6-8-16(15)18-13-9-11-14(21-3)12-10-13/h5-12,18H,4H2,1-3H3. The number of para-hydroxylation sites is 1. The van der Waals surface area contributed by atoms with Crippen molar-refractivity contribution in [3.63, 3.8) is 0 Å². The van der Waals surface area contributed by atoms with E-state index in [4.69, 9.17) is 4.74 Å². The third kappa shape index (κ3) is 3.54. The third-order valence-electron chi connectivity index (χ3n) is 3.35. The number of rotatable bonds is 5. The smallest absolute Gasteiger partial charge is 0.255 e. The Bertz CT molecular complexity index is 608. The molecule has 0 saturated heterocycles. The molecule has 0 radical (unpaired) electrons. The van der Waals surface area contributed by atoms with Crippen LogP contribution in [0.3, 0.4) is 0 Å². The second-order valence-electron chi connectivity index (χ2n) is 4.72. The summed E-state index contributed by atoms with van der Waals surface area (Å²) in [7, 11) is 3.43. The quantitative estimate of drug-likeness (QED) is 0.913. The molecule has 2 rings (SSSR count). The predicted octanol–water partition coefficient (Wildman–Crippen LogP) is 3.53. The van der Waals surface area contributed by atoms with E-state index in [9.17, 15) is 4.79 Å². The zero-order valence-corrected chi connectivity index (χ0v) is 12.6. The maximum absolute atomic E-state index is 12.4. The average molecular weight is 284 g/mol. The van der Waals surface area contributed by atoms with E-state index in [1.165, 1.54) is 0 Å². The second kappa shape index (κ2) is 6.79. The van der Waals surface area contributed by atoms with E-state index in [1.54, 1.807) is 19.1 Å². The summed E-state index contributed by atoms with van der Waals surface area (Å²) in [5.74, 6) is 0.810. The molecule has 0 spiro atoms. The Labute approximate surface area is 125 Å². The summed E-state index contributed by atoms with van der Waals surface area (Å²) in [6.45, 7) is 2.63. The van der Waals surface area contributed by atoms with E-state index in [1.807, 2.05) is 55.5 Å². The highest BCUT2D eigenvalue weighted by atomic mass is 16.5. The van der Waals surface area contributed by atoms with Gasteiger partial charge in [-0.05, 0) is 43.3 Å². The van der Waals surface area contributed by atoms with Crippen LogP contribution in [-0.4, -0.2) is 31.5 Å². The number of hydrogen-bond donors (Lipinski definition) is 1. The molecule has 0 saturated carbocycles. The first-order valence-electron chi connectivity index (χ1n) is 6.91. The molecule has 0 aliphatic carbocycles. The van der Waals surface area contributed by atoms with Gasteiger partial charge in [0.1, 0.15) is 5.75 Å². The molecule has 0 aromatic heterocycles. The van der Waals surface area contributed by atoms with E-state index >= 15 is 0 Å². The van der Waals surface area contributed by atoms with Gasteiger partial charge in [-0.1, -0.05) is 12.1 Å². The van der Waals surface area contributed by atoms with Crippen molar-refractivity contribution in [2.75, 3.05) is 26.0 Å². The van der Waals surface area contributed by atoms with Gasteiger partial charge in [-0.25, -0.2) is 0 Å². The van der Waals surface area contributed by atoms with E-state index in [0.717, 1.165) is 17.1 Å². The summed E-state index contributed by atoms with van der Waals surface area (Å²) in [5, 5.41) is 3.28. The van der Waals surface area contributed by atoms with E-state index < -0.39 is 0 Å². The second-order valence-corrected chi connectivity index (χ2v) is 4.72. The lowest BCUT2D eigenvalue weighted by atomic mass is 10.1. The Morgan fingerprint density at radius 1 is 1.14 bits per heavy atom. The SMILES string of the molecule is CCN(C)C(=O)c1ccccc1Nc1ccc(OC)cc1. The van der Waals surface area contributed by atoms with Crippen molar-refractivity contribution in [1.82, 2.24) is 4.90 Å². The van der Waals surface area contributed by atoms with Crippen molar-refractivity contribution in [3.05, 3.63) is 54.1 Å². The molecular formula is C17H20N2O2. The molecule has 110 valence electrons. The van der Waals surface area contributed by atoms with Gasteiger partial charge in [0.05, 0.1) is 18.4 Å². The number of nitrogens with zero attached hydrogens (tertiary/aromatic N) is 1. The van der Waals surface area contributed by atoms with Gasteiger partial charge < -0.3 is 15.0 Å². The average Bonchev–Trinajstić information content (AvgIpc) is 2.54. The summed E-state index contributed by atoms with van der Waals surface area (Å²) in [4.78, 5) is 14.0. The van der Waals surface area contributed by atoms with Gasteiger partial charge in [-0.15, -0.1) is 0 Å². The van der Waals surface area contributed by atoms with Crippen molar-refractivity contribution < 1.29 is 9.53 Å². The van der Waals surface area contributed by atoms with Gasteiger partial charge in [-0.3, -0.25) is 4.79 Å². The lowest BCUT2D eigenvalue weighted by Gasteiger charge is -2.17. The van der Waals surface area contributed by atoms with Gasteiger partial charge in [0, 0.05) is 19.3 Å². The first-order chi connectivity index (χ1) is 10.2. The molecule has 1 amide bonds. The molecule has 0 bridgehead atoms. The minimum atomic E-state index is 0.00844. The Kier molecular flexibility index (Phi) is 4.82. The van der Waals surface area contributed by atoms with Crippen LogP contribution in [0.25, 0.3) is 0 Å². The Balaban J connectivity index is 2.25. The molecule has 2 aromatic carbocycles. The Hall–Kier alpha value is -2.49. The van der Waals surface area contributed by atoms with Crippen LogP contribution in [0.4, 0.5) is 11.4 Å². The normalized spacial score (nSPS) is 10.0. The molecule has 2 aromatic rings. The van der Waals surface area contributed by atoms with Crippen molar-refractivity contribution in [3.8, 4) is 5.75 Å². The topological polar surface area (TPSA) is 41.6 Å². The molecule has 0 atom stereocenters. The van der Waals surface area contributed by atoms with Crippen molar-refractivity contribution in [2.24, 2.45) is 0 Å². The van der Waals surface area contributed by atoms with Gasteiger partial charge in [0.15, 0.2) is 0 Å². The van der Waals surface area contributed by atoms with Crippen molar-refractivity contribution >= 4 is 17.3 Å². The fraction of sp³-hybridized carbons (Fsp3) is 0.235. The fourth-order valence-electron chi connectivity index (χ4n) is 1.96. The molecule has 21 heavy (non-hydrogen) atoms. The van der Waals surface area contributed by atoms with Crippen LogP contribution in [0.2, 0.25) is 0 Å². The molecule has 0 unspecified atom stereocenters. The maximum atomic E-state index is 12.4. The van der Waals surface area contributed by atoms with Crippen LogP contribution in [0.15, 0.2) is 48.5 Å². The number of hydrogen-bond acceptors (Lipinski definition) is 3. The van der Waals surface area contributed by atoms with E-state index in [2.05, 4.69) is 5.32 Å². The minimum Gasteiger partial charge on any atom is -0.497 e. The van der Waals surface area contributed by atoms with Gasteiger partial charge >= 0.3 is 0 Å². The molecule has 0 aliphatic heterocycles. The summed E-state index contributed by atoms with van der Waals surface area (Å²) < 4.78 is 5.14. The summed E-state index contributed by atoms with van der Waals surface area (Å²) in [6.07, 6.45) is 0. The summed E-state index contributed by atoms with van der Waals surface area (Å²) in [5.41, 5.74) is 2.38. The van der Waals surface area contributed by atoms with Crippen LogP contribution >= 0.6 is 0 Å². The first kappa shape index (κ1) is 14.9. The number of benzene rings is 2. The molecule has 1 N–H and O–H groups in total. The van der Waals surface area contributed by atoms with Crippen molar-refractivity contribution in [2.45, 2.75) is 6.92 Å². The number of carbonyl (C=O) groups is 1. The number of carbonyl (C=O) groups excluding carboxylic acids is 1. The van der Waals surface area contributed by atoms with Crippen LogP contribution in [-0.2, 0) is 0 Å². The largest absolute Gasteiger partial charge is 0.497 e. The summed E-state index contributed by atoms with van der Waals surface area (Å²) in [6, 6.07) is 15.1. The highest BCUT2D eigenvalue weighted by molar-refractivity contribution is 6.00. The number of ether oxygens (including phenoxy) is 1. The molecule has 0 heterocycles. The molecule has 4 heteroatoms. The third-order valence-corrected chi connectivity index (χ3v) is 3.35. The zero-order chi connectivity index (χ0) is 15.2. The van der Waals surface area contributed by atoms with Crippen LogP contribution in [0.1, 0.15) is 17.3 Å². The highest BCUT2D eigenvalue weighted by Crippen LogP contribution is 2.23. The number of methoxy groups -OCH3 is 1. The summed E-state index contributed by atoms with van der Waals surface area (Å²) >= 11 is 0. The fourth-order valence-corrected chi connectivity index (χ4v) is 1.96. The van der Waals surface area contributed by atoms with Crippen LogP contribution in [0, 0.1) is 0 Å².